The molecule has 6 N–H and O–H groups in total. The van der Waals surface area contributed by atoms with E-state index in [2.05, 4.69) is 31.3 Å². The molecule has 13 heteroatoms. The van der Waals surface area contributed by atoms with E-state index in [1.807, 2.05) is 24.3 Å². The molecule has 0 aliphatic carbocycles. The number of sulfonamides is 1. The van der Waals surface area contributed by atoms with Gasteiger partial charge in [-0.3, -0.25) is 4.98 Å². The van der Waals surface area contributed by atoms with E-state index < -0.39 is 29.7 Å². The van der Waals surface area contributed by atoms with Crippen molar-refractivity contribution in [2.24, 2.45) is 5.14 Å². The third-order valence-corrected chi connectivity index (χ3v) is 7.64. The van der Waals surface area contributed by atoms with Crippen LogP contribution in [0, 0.1) is 0 Å². The summed E-state index contributed by atoms with van der Waals surface area (Å²) in [6.07, 6.45) is 3.22. The summed E-state index contributed by atoms with van der Waals surface area (Å²) >= 11 is 0. The van der Waals surface area contributed by atoms with E-state index in [4.69, 9.17) is 5.14 Å². The van der Waals surface area contributed by atoms with E-state index in [0.717, 1.165) is 10.8 Å². The molecule has 11 nitrogen and oxygen atoms in total. The molecule has 0 aliphatic heterocycles. The summed E-state index contributed by atoms with van der Waals surface area (Å²) < 4.78 is 51.0. The Hall–Kier alpha value is -3.26. The standard InChI is InChI=1S/C18H17N7O4S2/c19-7-8-30(26,27)15-6-5-13(14-10-21-9-11-3-1-2-4-12(11)14)16(17(15)31(20,28)29)18-22-24-25-23-18/h1-6,9-10H,7-8,19H2,(H2,20,28,29)(H,22,23,24,25)/p+1. The number of hydrogen-bond acceptors (Lipinski definition) is 8. The minimum atomic E-state index is -4.52. The number of fused-ring (bicyclic) bond motifs is 1. The largest absolute Gasteiger partial charge is 0.357 e. The molecule has 2 aromatic carbocycles. The average molecular weight is 461 g/mol. The van der Waals surface area contributed by atoms with Gasteiger partial charge in [-0.25, -0.2) is 22.0 Å². The van der Waals surface area contributed by atoms with Gasteiger partial charge in [0.2, 0.25) is 15.8 Å². The number of aromatic nitrogens is 5. The second-order valence-corrected chi connectivity index (χ2v) is 10.3. The summed E-state index contributed by atoms with van der Waals surface area (Å²) in [5.74, 6) is -0.463. The first-order chi connectivity index (χ1) is 14.7. The molecule has 0 unspecified atom stereocenters. The van der Waals surface area contributed by atoms with Crippen LogP contribution in [0.1, 0.15) is 0 Å². The molecule has 0 aliphatic rings. The van der Waals surface area contributed by atoms with Crippen molar-refractivity contribution >= 4 is 30.6 Å². The average Bonchev–Trinajstić information content (AvgIpc) is 3.26. The maximum absolute atomic E-state index is 12.8. The maximum atomic E-state index is 12.8. The minimum absolute atomic E-state index is 0.0545. The van der Waals surface area contributed by atoms with Crippen molar-refractivity contribution < 1.29 is 22.6 Å². The van der Waals surface area contributed by atoms with Crippen molar-refractivity contribution in [2.75, 3.05) is 12.3 Å². The van der Waals surface area contributed by atoms with Gasteiger partial charge in [0, 0.05) is 23.3 Å². The Morgan fingerprint density at radius 3 is 2.45 bits per heavy atom. The maximum Gasteiger partial charge on any atom is 0.240 e. The number of pyridine rings is 1. The molecule has 4 aromatic rings. The monoisotopic (exact) mass is 460 g/mol. The fraction of sp³-hybridized carbons (Fsp3) is 0.111. The third-order valence-electron chi connectivity index (χ3n) is 4.68. The fourth-order valence-electron chi connectivity index (χ4n) is 3.44. The third kappa shape index (κ3) is 3.79. The molecule has 160 valence electrons. The molecule has 2 aromatic heterocycles. The molecule has 0 fully saturated rings. The van der Waals surface area contributed by atoms with Gasteiger partial charge in [-0.15, -0.1) is 10.2 Å². The first-order valence-electron chi connectivity index (χ1n) is 9.03. The molecule has 0 saturated heterocycles. The molecular formula is C18H18N7O4S2+. The number of aromatic amines is 1. The van der Waals surface area contributed by atoms with E-state index in [-0.39, 0.29) is 23.7 Å². The van der Waals surface area contributed by atoms with Gasteiger partial charge in [0.05, 0.1) is 17.0 Å². The number of sulfone groups is 1. The second kappa shape index (κ2) is 7.77. The first kappa shape index (κ1) is 21.0. The van der Waals surface area contributed by atoms with Gasteiger partial charge in [0.15, 0.2) is 9.84 Å². The summed E-state index contributed by atoms with van der Waals surface area (Å²) in [5, 5.41) is 20.7. The first-order valence-corrected chi connectivity index (χ1v) is 12.2. The molecule has 0 amide bonds. The number of benzene rings is 2. The molecule has 0 bridgehead atoms. The molecule has 0 saturated carbocycles. The van der Waals surface area contributed by atoms with Gasteiger partial charge in [-0.05, 0) is 22.2 Å². The summed E-state index contributed by atoms with van der Waals surface area (Å²) in [5.41, 5.74) is 4.39. The Morgan fingerprint density at radius 1 is 1.00 bits per heavy atom. The van der Waals surface area contributed by atoms with Gasteiger partial charge in [-0.1, -0.05) is 30.3 Å². The molecular weight excluding hydrogens is 442 g/mol. The van der Waals surface area contributed by atoms with Crippen molar-refractivity contribution in [3.05, 3.63) is 48.8 Å². The van der Waals surface area contributed by atoms with Crippen LogP contribution in [0.2, 0.25) is 0 Å². The van der Waals surface area contributed by atoms with Crippen LogP contribution in [0.5, 0.6) is 0 Å². The van der Waals surface area contributed by atoms with Crippen molar-refractivity contribution in [1.29, 1.82) is 0 Å². The SMILES string of the molecule is NS(=O)(=O)c1c(S(=O)(=O)CC[NH3+])ccc(-c2cncc3ccccc23)c1-c1nn[nH]n1. The lowest BCUT2D eigenvalue weighted by Gasteiger charge is -2.16. The number of hydrogen-bond donors (Lipinski definition) is 3. The number of tetrazole rings is 1. The van der Waals surface area contributed by atoms with Crippen LogP contribution in [-0.4, -0.2) is 54.7 Å². The molecule has 2 heterocycles. The highest BCUT2D eigenvalue weighted by atomic mass is 32.2. The highest BCUT2D eigenvalue weighted by Gasteiger charge is 2.32. The van der Waals surface area contributed by atoms with Crippen LogP contribution in [0.3, 0.4) is 0 Å². The number of nitrogens with one attached hydrogen (secondary N) is 1. The Bertz CT molecular complexity index is 1480. The van der Waals surface area contributed by atoms with E-state index in [1.165, 1.54) is 12.1 Å². The fourth-order valence-corrected chi connectivity index (χ4v) is 6.26. The Balaban J connectivity index is 2.18. The van der Waals surface area contributed by atoms with E-state index in [1.54, 1.807) is 12.4 Å². The smallest absolute Gasteiger partial charge is 0.240 e. The Labute approximate surface area is 177 Å². The number of nitrogens with zero attached hydrogens (tertiary/aromatic N) is 4. The van der Waals surface area contributed by atoms with E-state index in [0.29, 0.717) is 11.1 Å². The normalized spacial score (nSPS) is 12.3. The predicted octanol–water partition coefficient (Wildman–Crippen LogP) is -0.255. The molecule has 4 rings (SSSR count). The quantitative estimate of drug-likeness (QED) is 0.351. The van der Waals surface area contributed by atoms with Gasteiger partial charge >= 0.3 is 0 Å². The molecule has 0 radical (unpaired) electrons. The lowest BCUT2D eigenvalue weighted by Crippen LogP contribution is -2.53. The van der Waals surface area contributed by atoms with Gasteiger partial charge in [-0.2, -0.15) is 5.21 Å². The van der Waals surface area contributed by atoms with Crippen molar-refractivity contribution in [1.82, 2.24) is 25.6 Å². The summed E-state index contributed by atoms with van der Waals surface area (Å²) in [6.45, 7) is 0.0545. The molecule has 0 spiro atoms. The second-order valence-electron chi connectivity index (χ2n) is 6.68. The highest BCUT2D eigenvalue weighted by Crippen LogP contribution is 2.40. The number of quaternary nitrogens is 1. The predicted molar refractivity (Wildman–Crippen MR) is 112 cm³/mol. The van der Waals surface area contributed by atoms with Crippen LogP contribution < -0.4 is 10.9 Å². The Kier molecular flexibility index (Phi) is 5.26. The zero-order valence-corrected chi connectivity index (χ0v) is 17.7. The van der Waals surface area contributed by atoms with E-state index in [9.17, 15) is 16.8 Å². The lowest BCUT2D eigenvalue weighted by molar-refractivity contribution is -0.360. The topological polar surface area (TPSA) is 189 Å². The van der Waals surface area contributed by atoms with Crippen LogP contribution in [0.15, 0.2) is 58.6 Å². The Morgan fingerprint density at radius 2 is 1.77 bits per heavy atom. The minimum Gasteiger partial charge on any atom is -0.357 e. The number of nitrogens with two attached hydrogens (primary N) is 1. The van der Waals surface area contributed by atoms with Gasteiger partial charge in [0.25, 0.3) is 0 Å². The van der Waals surface area contributed by atoms with Crippen LogP contribution in [0.4, 0.5) is 0 Å². The van der Waals surface area contributed by atoms with Crippen molar-refractivity contribution in [3.8, 4) is 22.5 Å². The summed E-state index contributed by atoms with van der Waals surface area (Å²) in [4.78, 5) is 3.21. The number of primary sulfonamides is 1. The number of H-pyrrole nitrogens is 1. The lowest BCUT2D eigenvalue weighted by atomic mass is 9.96. The summed E-state index contributed by atoms with van der Waals surface area (Å²) in [7, 11) is -8.52. The van der Waals surface area contributed by atoms with Crippen molar-refractivity contribution in [2.45, 2.75) is 9.79 Å². The van der Waals surface area contributed by atoms with Crippen LogP contribution >= 0.6 is 0 Å². The van der Waals surface area contributed by atoms with Crippen molar-refractivity contribution in [3.63, 3.8) is 0 Å². The van der Waals surface area contributed by atoms with E-state index >= 15 is 0 Å². The zero-order chi connectivity index (χ0) is 22.2. The molecule has 0 atom stereocenters. The van der Waals surface area contributed by atoms with Crippen LogP contribution in [0.25, 0.3) is 33.3 Å². The van der Waals surface area contributed by atoms with Gasteiger partial charge in [0.1, 0.15) is 10.6 Å². The van der Waals surface area contributed by atoms with Crippen LogP contribution in [-0.2, 0) is 19.9 Å². The summed E-state index contributed by atoms with van der Waals surface area (Å²) in [6, 6.07) is 10.1. The van der Waals surface area contributed by atoms with Gasteiger partial charge < -0.3 is 5.73 Å². The highest BCUT2D eigenvalue weighted by molar-refractivity contribution is 7.93. The zero-order valence-electron chi connectivity index (χ0n) is 16.1. The molecule has 31 heavy (non-hydrogen) atoms. The number of rotatable bonds is 6.